The van der Waals surface area contributed by atoms with Crippen molar-refractivity contribution >= 4 is 22.7 Å². The molecule has 52 valence electrons. The zero-order chi connectivity index (χ0) is 6.97. The average molecular weight is 152 g/mol. The van der Waals surface area contributed by atoms with Crippen LogP contribution in [0.2, 0.25) is 0 Å². The summed E-state index contributed by atoms with van der Waals surface area (Å²) in [6.45, 7) is 0.857. The summed E-state index contributed by atoms with van der Waals surface area (Å²) >= 11 is 1.68. The van der Waals surface area contributed by atoms with Crippen molar-refractivity contribution < 1.29 is 0 Å². The molecule has 1 aromatic rings. The molecule has 0 atom stereocenters. The van der Waals surface area contributed by atoms with E-state index in [0.717, 1.165) is 12.2 Å². The van der Waals surface area contributed by atoms with Crippen LogP contribution in [0.4, 0.5) is 5.69 Å². The van der Waals surface area contributed by atoms with Crippen molar-refractivity contribution in [2.24, 2.45) is 5.73 Å². The van der Waals surface area contributed by atoms with Gasteiger partial charge in [0, 0.05) is 12.2 Å². The molecule has 3 heteroatoms. The molecule has 3 N–H and O–H groups in total. The van der Waals surface area contributed by atoms with E-state index in [9.17, 15) is 0 Å². The lowest BCUT2D eigenvalue weighted by molar-refractivity contribution is 1.30. The number of anilines is 1. The molecule has 0 saturated carbocycles. The van der Waals surface area contributed by atoms with Gasteiger partial charge in [0.25, 0.3) is 0 Å². The Bertz CT molecular complexity index is 275. The standard InChI is InChI=1S/C7H8N2S/c8-5-1-3-9-6-2-4-10-7(5)6/h1-2,4,9H,3,8H2. The number of nitrogens with one attached hydrogen (secondary N) is 1. The molecule has 1 aromatic heterocycles. The Morgan fingerprint density at radius 2 is 2.50 bits per heavy atom. The van der Waals surface area contributed by atoms with Gasteiger partial charge in [-0.1, -0.05) is 0 Å². The second-order valence-electron chi connectivity index (χ2n) is 2.20. The Balaban J connectivity index is 2.55. The van der Waals surface area contributed by atoms with Crippen LogP contribution in [0.15, 0.2) is 17.5 Å². The van der Waals surface area contributed by atoms with Gasteiger partial charge in [-0.3, -0.25) is 0 Å². The van der Waals surface area contributed by atoms with E-state index in [-0.39, 0.29) is 0 Å². The van der Waals surface area contributed by atoms with E-state index in [4.69, 9.17) is 5.73 Å². The lowest BCUT2D eigenvalue weighted by atomic mass is 10.2. The van der Waals surface area contributed by atoms with Gasteiger partial charge in [-0.2, -0.15) is 0 Å². The molecule has 0 aliphatic carbocycles. The summed E-state index contributed by atoms with van der Waals surface area (Å²) in [5.41, 5.74) is 7.80. The zero-order valence-corrected chi connectivity index (χ0v) is 6.24. The maximum Gasteiger partial charge on any atom is 0.0728 e. The third-order valence-corrected chi connectivity index (χ3v) is 2.51. The molecular weight excluding hydrogens is 144 g/mol. The summed E-state index contributed by atoms with van der Waals surface area (Å²) < 4.78 is 0. The third-order valence-electron chi connectivity index (χ3n) is 1.54. The van der Waals surface area contributed by atoms with E-state index in [0.29, 0.717) is 0 Å². The number of thiophene rings is 1. The van der Waals surface area contributed by atoms with Gasteiger partial charge in [0.05, 0.1) is 10.6 Å². The van der Waals surface area contributed by atoms with Gasteiger partial charge in [0.15, 0.2) is 0 Å². The molecule has 2 nitrogen and oxygen atoms in total. The van der Waals surface area contributed by atoms with Crippen LogP contribution in [0, 0.1) is 0 Å². The maximum atomic E-state index is 5.72. The van der Waals surface area contributed by atoms with E-state index >= 15 is 0 Å². The predicted molar refractivity (Wildman–Crippen MR) is 45.0 cm³/mol. The third kappa shape index (κ3) is 0.708. The first kappa shape index (κ1) is 5.80. The summed E-state index contributed by atoms with van der Waals surface area (Å²) in [7, 11) is 0. The van der Waals surface area contributed by atoms with Crippen LogP contribution in [-0.2, 0) is 0 Å². The first-order chi connectivity index (χ1) is 4.88. The van der Waals surface area contributed by atoms with E-state index in [1.165, 1.54) is 10.6 Å². The molecular formula is C7H8N2S. The lowest BCUT2D eigenvalue weighted by Gasteiger charge is -2.10. The van der Waals surface area contributed by atoms with Gasteiger partial charge < -0.3 is 11.1 Å². The molecule has 2 heterocycles. The molecule has 10 heavy (non-hydrogen) atoms. The Morgan fingerprint density at radius 3 is 3.30 bits per heavy atom. The van der Waals surface area contributed by atoms with Gasteiger partial charge in [-0.05, 0) is 17.5 Å². The summed E-state index contributed by atoms with van der Waals surface area (Å²) in [4.78, 5) is 1.17. The molecule has 1 aliphatic rings. The molecule has 0 saturated heterocycles. The van der Waals surface area contributed by atoms with Gasteiger partial charge in [-0.25, -0.2) is 0 Å². The van der Waals surface area contributed by atoms with Crippen molar-refractivity contribution in [3.05, 3.63) is 22.4 Å². The van der Waals surface area contributed by atoms with Crippen molar-refractivity contribution in [2.45, 2.75) is 0 Å². The van der Waals surface area contributed by atoms with Crippen LogP contribution < -0.4 is 11.1 Å². The van der Waals surface area contributed by atoms with Crippen molar-refractivity contribution in [1.82, 2.24) is 0 Å². The molecule has 0 fully saturated rings. The molecule has 0 unspecified atom stereocenters. The largest absolute Gasteiger partial charge is 0.398 e. The highest BCUT2D eigenvalue weighted by Crippen LogP contribution is 2.29. The minimum atomic E-state index is 0.857. The number of hydrogen-bond acceptors (Lipinski definition) is 3. The minimum absolute atomic E-state index is 0.857. The van der Waals surface area contributed by atoms with Crippen molar-refractivity contribution in [2.75, 3.05) is 11.9 Å². The fourth-order valence-corrected chi connectivity index (χ4v) is 1.86. The van der Waals surface area contributed by atoms with Crippen molar-refractivity contribution in [1.29, 1.82) is 0 Å². The zero-order valence-electron chi connectivity index (χ0n) is 5.42. The predicted octanol–water partition coefficient (Wildman–Crippen LogP) is 1.47. The first-order valence-electron chi connectivity index (χ1n) is 3.15. The molecule has 0 bridgehead atoms. The smallest absolute Gasteiger partial charge is 0.0728 e. The fourth-order valence-electron chi connectivity index (χ4n) is 1.04. The Morgan fingerprint density at radius 1 is 1.60 bits per heavy atom. The summed E-state index contributed by atoms with van der Waals surface area (Å²) in [6, 6.07) is 2.06. The summed E-state index contributed by atoms with van der Waals surface area (Å²) in [5.74, 6) is 0. The van der Waals surface area contributed by atoms with Gasteiger partial charge >= 0.3 is 0 Å². The second-order valence-corrected chi connectivity index (χ2v) is 3.12. The molecule has 0 amide bonds. The van der Waals surface area contributed by atoms with Crippen molar-refractivity contribution in [3.63, 3.8) is 0 Å². The maximum absolute atomic E-state index is 5.72. The second kappa shape index (κ2) is 2.02. The van der Waals surface area contributed by atoms with Crippen LogP contribution in [0.3, 0.4) is 0 Å². The fraction of sp³-hybridized carbons (Fsp3) is 0.143. The average Bonchev–Trinajstić information content (AvgIpc) is 2.36. The lowest BCUT2D eigenvalue weighted by Crippen LogP contribution is -2.09. The SMILES string of the molecule is NC1=CCNc2ccsc21. The van der Waals surface area contributed by atoms with Crippen LogP contribution >= 0.6 is 11.3 Å². The Hall–Kier alpha value is -0.960. The number of hydrogen-bond donors (Lipinski definition) is 2. The molecule has 2 rings (SSSR count). The Labute approximate surface area is 63.4 Å². The highest BCUT2D eigenvalue weighted by Gasteiger charge is 2.08. The number of fused-ring (bicyclic) bond motifs is 1. The van der Waals surface area contributed by atoms with E-state index in [1.54, 1.807) is 11.3 Å². The summed E-state index contributed by atoms with van der Waals surface area (Å²) in [6.07, 6.45) is 2.00. The molecule has 0 aromatic carbocycles. The number of nitrogens with two attached hydrogens (primary N) is 1. The monoisotopic (exact) mass is 152 g/mol. The molecule has 1 aliphatic heterocycles. The van der Waals surface area contributed by atoms with Gasteiger partial charge in [-0.15, -0.1) is 11.3 Å². The van der Waals surface area contributed by atoms with Crippen LogP contribution in [-0.4, -0.2) is 6.54 Å². The molecule has 0 spiro atoms. The minimum Gasteiger partial charge on any atom is -0.398 e. The topological polar surface area (TPSA) is 38.0 Å². The van der Waals surface area contributed by atoms with Gasteiger partial charge in [0.1, 0.15) is 0 Å². The van der Waals surface area contributed by atoms with E-state index < -0.39 is 0 Å². The van der Waals surface area contributed by atoms with E-state index in [2.05, 4.69) is 11.4 Å². The highest BCUT2D eigenvalue weighted by molar-refractivity contribution is 7.11. The van der Waals surface area contributed by atoms with Crippen LogP contribution in [0.1, 0.15) is 4.88 Å². The molecule has 0 radical (unpaired) electrons. The highest BCUT2D eigenvalue weighted by atomic mass is 32.1. The number of rotatable bonds is 0. The first-order valence-corrected chi connectivity index (χ1v) is 4.03. The van der Waals surface area contributed by atoms with Crippen molar-refractivity contribution in [3.8, 4) is 0 Å². The van der Waals surface area contributed by atoms with Crippen LogP contribution in [0.5, 0.6) is 0 Å². The van der Waals surface area contributed by atoms with Gasteiger partial charge in [0.2, 0.25) is 0 Å². The quantitative estimate of drug-likeness (QED) is 0.591. The van der Waals surface area contributed by atoms with Crippen LogP contribution in [0.25, 0.3) is 5.70 Å². The van der Waals surface area contributed by atoms with E-state index in [1.807, 2.05) is 11.5 Å². The Kier molecular flexibility index (Phi) is 1.17. The normalized spacial score (nSPS) is 15.4. The summed E-state index contributed by atoms with van der Waals surface area (Å²) in [5, 5.41) is 5.27.